The molecule has 0 radical (unpaired) electrons. The molecule has 0 N–H and O–H groups in total. The third-order valence-corrected chi connectivity index (χ3v) is 5.69. The summed E-state index contributed by atoms with van der Waals surface area (Å²) in [5.74, 6) is 0.249. The van der Waals surface area contributed by atoms with Crippen LogP contribution in [0, 0.1) is 11.7 Å². The Balaban J connectivity index is 1.49. The van der Waals surface area contributed by atoms with Crippen molar-refractivity contribution in [2.75, 3.05) is 59.5 Å². The molecule has 1 aromatic carbocycles. The number of carbonyl (C=O) groups is 1. The van der Waals surface area contributed by atoms with Crippen molar-refractivity contribution in [2.24, 2.45) is 5.92 Å². The van der Waals surface area contributed by atoms with Gasteiger partial charge in [-0.05, 0) is 43.5 Å². The third kappa shape index (κ3) is 5.99. The van der Waals surface area contributed by atoms with Crippen LogP contribution in [0.25, 0.3) is 0 Å². The highest BCUT2D eigenvalue weighted by atomic mass is 19.1. The number of hydrogen-bond donors (Lipinski definition) is 0. The van der Waals surface area contributed by atoms with Gasteiger partial charge in [-0.1, -0.05) is 12.1 Å². The molecule has 27 heavy (non-hydrogen) atoms. The van der Waals surface area contributed by atoms with Gasteiger partial charge >= 0.3 is 0 Å². The van der Waals surface area contributed by atoms with Crippen molar-refractivity contribution in [3.63, 3.8) is 0 Å². The Kier molecular flexibility index (Phi) is 7.61. The monoisotopic (exact) mass is 377 g/mol. The summed E-state index contributed by atoms with van der Waals surface area (Å²) in [7, 11) is 1.72. The van der Waals surface area contributed by atoms with Crippen molar-refractivity contribution in [3.8, 4) is 0 Å². The molecule has 2 aliphatic rings. The summed E-state index contributed by atoms with van der Waals surface area (Å²) in [6.07, 6.45) is 3.08. The lowest BCUT2D eigenvalue weighted by molar-refractivity contribution is -0.137. The van der Waals surface area contributed by atoms with Crippen LogP contribution in [-0.2, 0) is 16.1 Å². The predicted octanol–water partition coefficient (Wildman–Crippen LogP) is 2.22. The molecular weight excluding hydrogens is 345 g/mol. The molecule has 150 valence electrons. The largest absolute Gasteiger partial charge is 0.383 e. The van der Waals surface area contributed by atoms with Gasteiger partial charge in [0, 0.05) is 52.9 Å². The summed E-state index contributed by atoms with van der Waals surface area (Å²) in [5.41, 5.74) is 1.12. The van der Waals surface area contributed by atoms with E-state index in [9.17, 15) is 9.18 Å². The average Bonchev–Trinajstić information content (AvgIpc) is 2.93. The summed E-state index contributed by atoms with van der Waals surface area (Å²) in [4.78, 5) is 19.8. The highest BCUT2D eigenvalue weighted by molar-refractivity contribution is 5.79. The number of ether oxygens (including phenoxy) is 1. The maximum absolute atomic E-state index is 13.1. The molecule has 6 heteroatoms. The fourth-order valence-electron chi connectivity index (χ4n) is 4.14. The minimum atomic E-state index is -0.196. The summed E-state index contributed by atoms with van der Waals surface area (Å²) in [6, 6.07) is 6.72. The van der Waals surface area contributed by atoms with Crippen LogP contribution in [0.2, 0.25) is 0 Å². The summed E-state index contributed by atoms with van der Waals surface area (Å²) < 4.78 is 18.3. The minimum absolute atomic E-state index is 0.124. The van der Waals surface area contributed by atoms with Crippen LogP contribution < -0.4 is 0 Å². The first-order valence-corrected chi connectivity index (χ1v) is 10.1. The Morgan fingerprint density at radius 1 is 1.07 bits per heavy atom. The first-order chi connectivity index (χ1) is 13.2. The van der Waals surface area contributed by atoms with E-state index in [1.807, 2.05) is 12.1 Å². The molecule has 1 aromatic rings. The zero-order valence-electron chi connectivity index (χ0n) is 16.4. The molecular formula is C21H32FN3O2. The van der Waals surface area contributed by atoms with Gasteiger partial charge in [-0.25, -0.2) is 4.39 Å². The SMILES string of the molecule is COCCN1CCCC(C(=O)N2CCCN(Cc3ccc(F)cc3)CC2)C1. The van der Waals surface area contributed by atoms with Gasteiger partial charge < -0.3 is 14.5 Å². The topological polar surface area (TPSA) is 36.0 Å². The van der Waals surface area contributed by atoms with Crippen molar-refractivity contribution in [2.45, 2.75) is 25.8 Å². The number of carbonyl (C=O) groups excluding carboxylic acids is 1. The van der Waals surface area contributed by atoms with E-state index in [1.165, 1.54) is 12.1 Å². The highest BCUT2D eigenvalue weighted by Crippen LogP contribution is 2.20. The number of nitrogens with zero attached hydrogens (tertiary/aromatic N) is 3. The molecule has 2 heterocycles. The van der Waals surface area contributed by atoms with Crippen LogP contribution in [0.5, 0.6) is 0 Å². The van der Waals surface area contributed by atoms with Crippen LogP contribution in [0.1, 0.15) is 24.8 Å². The van der Waals surface area contributed by atoms with Gasteiger partial charge in [0.1, 0.15) is 5.82 Å². The first kappa shape index (κ1) is 20.2. The van der Waals surface area contributed by atoms with Crippen LogP contribution in [0.15, 0.2) is 24.3 Å². The molecule has 0 saturated carbocycles. The van der Waals surface area contributed by atoms with Gasteiger partial charge in [0.25, 0.3) is 0 Å². The highest BCUT2D eigenvalue weighted by Gasteiger charge is 2.30. The molecule has 0 aromatic heterocycles. The molecule has 2 saturated heterocycles. The number of likely N-dealkylation sites (tertiary alicyclic amines) is 1. The van der Waals surface area contributed by atoms with E-state index in [0.29, 0.717) is 5.91 Å². The van der Waals surface area contributed by atoms with E-state index >= 15 is 0 Å². The van der Waals surface area contributed by atoms with Crippen molar-refractivity contribution in [1.29, 1.82) is 0 Å². The molecule has 0 aliphatic carbocycles. The number of halogens is 1. The summed E-state index contributed by atoms with van der Waals surface area (Å²) in [5, 5.41) is 0. The second kappa shape index (κ2) is 10.2. The molecule has 1 amide bonds. The Morgan fingerprint density at radius 3 is 2.63 bits per heavy atom. The van der Waals surface area contributed by atoms with Crippen molar-refractivity contribution < 1.29 is 13.9 Å². The second-order valence-electron chi connectivity index (χ2n) is 7.71. The lowest BCUT2D eigenvalue weighted by Gasteiger charge is -2.34. The van der Waals surface area contributed by atoms with E-state index < -0.39 is 0 Å². The zero-order valence-corrected chi connectivity index (χ0v) is 16.4. The van der Waals surface area contributed by atoms with E-state index in [2.05, 4.69) is 14.7 Å². The Bertz CT molecular complexity index is 596. The molecule has 5 nitrogen and oxygen atoms in total. The van der Waals surface area contributed by atoms with Gasteiger partial charge in [0.2, 0.25) is 5.91 Å². The number of rotatable bonds is 6. The van der Waals surface area contributed by atoms with Crippen molar-refractivity contribution in [3.05, 3.63) is 35.6 Å². The van der Waals surface area contributed by atoms with E-state index in [4.69, 9.17) is 4.74 Å². The molecule has 2 aliphatic heterocycles. The number of methoxy groups -OCH3 is 1. The second-order valence-corrected chi connectivity index (χ2v) is 7.71. The standard InChI is InChI=1S/C21H32FN3O2/c1-27-15-14-24-9-2-4-19(17-24)21(26)25-11-3-10-23(12-13-25)16-18-5-7-20(22)8-6-18/h5-8,19H,2-4,9-17H2,1H3. The smallest absolute Gasteiger partial charge is 0.227 e. The lowest BCUT2D eigenvalue weighted by Crippen LogP contribution is -2.46. The van der Waals surface area contributed by atoms with Crippen molar-refractivity contribution >= 4 is 5.91 Å². The van der Waals surface area contributed by atoms with E-state index in [0.717, 1.165) is 83.8 Å². The number of piperidine rings is 1. The first-order valence-electron chi connectivity index (χ1n) is 10.1. The molecule has 1 unspecified atom stereocenters. The van der Waals surface area contributed by atoms with Gasteiger partial charge in [-0.2, -0.15) is 0 Å². The number of hydrogen-bond acceptors (Lipinski definition) is 4. The quantitative estimate of drug-likeness (QED) is 0.762. The van der Waals surface area contributed by atoms with Crippen LogP contribution in [0.3, 0.4) is 0 Å². The zero-order chi connectivity index (χ0) is 19.1. The Labute approximate surface area is 162 Å². The summed E-state index contributed by atoms with van der Waals surface area (Å²) >= 11 is 0. The molecule has 2 fully saturated rings. The van der Waals surface area contributed by atoms with Gasteiger partial charge in [-0.3, -0.25) is 9.69 Å². The average molecular weight is 378 g/mol. The van der Waals surface area contributed by atoms with Crippen LogP contribution >= 0.6 is 0 Å². The van der Waals surface area contributed by atoms with Crippen LogP contribution in [-0.4, -0.2) is 80.1 Å². The Hall–Kier alpha value is -1.50. The number of benzene rings is 1. The molecule has 0 spiro atoms. The maximum atomic E-state index is 13.1. The molecule has 0 bridgehead atoms. The van der Waals surface area contributed by atoms with Crippen LogP contribution in [0.4, 0.5) is 4.39 Å². The summed E-state index contributed by atoms with van der Waals surface area (Å²) in [6.45, 7) is 7.86. The fourth-order valence-corrected chi connectivity index (χ4v) is 4.14. The normalized spacial score (nSPS) is 22.6. The fraction of sp³-hybridized carbons (Fsp3) is 0.667. The van der Waals surface area contributed by atoms with Gasteiger partial charge in [-0.15, -0.1) is 0 Å². The third-order valence-electron chi connectivity index (χ3n) is 5.69. The minimum Gasteiger partial charge on any atom is -0.383 e. The predicted molar refractivity (Wildman–Crippen MR) is 104 cm³/mol. The van der Waals surface area contributed by atoms with Gasteiger partial charge in [0.15, 0.2) is 0 Å². The molecule has 1 atom stereocenters. The van der Waals surface area contributed by atoms with Crippen molar-refractivity contribution in [1.82, 2.24) is 14.7 Å². The Morgan fingerprint density at radius 2 is 1.85 bits per heavy atom. The van der Waals surface area contributed by atoms with E-state index in [1.54, 1.807) is 7.11 Å². The van der Waals surface area contributed by atoms with E-state index in [-0.39, 0.29) is 11.7 Å². The van der Waals surface area contributed by atoms with Gasteiger partial charge in [0.05, 0.1) is 12.5 Å². The number of amides is 1. The molecule has 3 rings (SSSR count). The maximum Gasteiger partial charge on any atom is 0.227 e. The lowest BCUT2D eigenvalue weighted by atomic mass is 9.96.